The Morgan fingerprint density at radius 1 is 0.480 bits per heavy atom. The van der Waals surface area contributed by atoms with Crippen molar-refractivity contribution in [1.29, 1.82) is 0 Å². The number of amides is 6. The largest absolute Gasteiger partial charge is 0.481 e. The van der Waals surface area contributed by atoms with Gasteiger partial charge in [-0.25, -0.2) is 0 Å². The molecule has 0 aliphatic heterocycles. The molecule has 5 unspecified atom stereocenters. The van der Waals surface area contributed by atoms with Crippen LogP contribution in [0.3, 0.4) is 0 Å². The van der Waals surface area contributed by atoms with Crippen molar-refractivity contribution in [2.24, 2.45) is 5.73 Å². The minimum absolute atomic E-state index is 0. The number of nitrogens with one attached hydrogen (secondary N) is 5. The van der Waals surface area contributed by atoms with E-state index >= 15 is 0 Å². The number of carbonyl (C=O) groups excluding carboxylic acids is 7. The molecule has 0 aliphatic rings. The number of rotatable bonds is 25. The molecule has 0 aliphatic carbocycles. The molecule has 278 valence electrons. The molecule has 0 heterocycles. The number of aliphatic carboxylic acids is 4. The Balaban J connectivity index is 0. The molecule has 0 bridgehead atoms. The van der Waals surface area contributed by atoms with Crippen molar-refractivity contribution in [2.75, 3.05) is 0 Å². The summed E-state index contributed by atoms with van der Waals surface area (Å²) in [7, 11) is 5.24. The molecular weight excluding hydrogens is 671 g/mol. The molecular formula is C28H43BN6O15. The van der Waals surface area contributed by atoms with E-state index in [1.165, 1.54) is 0 Å². The van der Waals surface area contributed by atoms with Crippen LogP contribution in [0.25, 0.3) is 0 Å². The fraction of sp³-hybridized carbons (Fsp3) is 0.607. The number of hydrogen-bond donors (Lipinski definition) is 10. The Labute approximate surface area is 287 Å². The summed E-state index contributed by atoms with van der Waals surface area (Å²) in [5, 5.41) is 47.2. The molecule has 0 spiro atoms. The van der Waals surface area contributed by atoms with E-state index in [-0.39, 0.29) is 20.3 Å². The number of nitrogens with two attached hydrogens (primary N) is 1. The van der Waals surface area contributed by atoms with Gasteiger partial charge in [-0.1, -0.05) is 7.43 Å². The Hall–Kier alpha value is -5.57. The smallest absolute Gasteiger partial charge is 0.303 e. The van der Waals surface area contributed by atoms with Gasteiger partial charge >= 0.3 is 23.9 Å². The van der Waals surface area contributed by atoms with Crippen molar-refractivity contribution in [2.45, 2.75) is 109 Å². The highest BCUT2D eigenvalue weighted by molar-refractivity contribution is 6.59. The number of carbonyl (C=O) groups is 11. The zero-order valence-corrected chi connectivity index (χ0v) is 26.4. The maximum atomic E-state index is 13.3. The molecule has 0 fully saturated rings. The zero-order chi connectivity index (χ0) is 37.8. The lowest BCUT2D eigenvalue weighted by Gasteiger charge is -2.26. The van der Waals surface area contributed by atoms with Gasteiger partial charge < -0.3 is 57.5 Å². The van der Waals surface area contributed by atoms with Crippen molar-refractivity contribution in [1.82, 2.24) is 26.6 Å². The molecule has 22 heteroatoms. The predicted octanol–water partition coefficient (Wildman–Crippen LogP) is -3.51. The lowest BCUT2D eigenvalue weighted by atomic mass is 9.91. The van der Waals surface area contributed by atoms with Crippen LogP contribution in [0.1, 0.15) is 78.6 Å². The first-order valence-electron chi connectivity index (χ1n) is 14.7. The first-order chi connectivity index (χ1) is 22.7. The van der Waals surface area contributed by atoms with Crippen LogP contribution in [0.2, 0.25) is 0 Å². The zero-order valence-electron chi connectivity index (χ0n) is 26.4. The topological polar surface area (TPSA) is 355 Å². The molecule has 0 saturated carbocycles. The highest BCUT2D eigenvalue weighted by Crippen LogP contribution is 2.08. The van der Waals surface area contributed by atoms with Gasteiger partial charge in [0.2, 0.25) is 35.4 Å². The van der Waals surface area contributed by atoms with Gasteiger partial charge in [0.1, 0.15) is 24.2 Å². The molecule has 0 aromatic rings. The number of primary amides is 1. The normalized spacial score (nSPS) is 13.3. The predicted molar refractivity (Wildman–Crippen MR) is 169 cm³/mol. The third kappa shape index (κ3) is 20.6. The van der Waals surface area contributed by atoms with Crippen LogP contribution in [0.5, 0.6) is 0 Å². The van der Waals surface area contributed by atoms with Gasteiger partial charge in [0.25, 0.3) is 0 Å². The molecule has 11 N–H and O–H groups in total. The van der Waals surface area contributed by atoms with E-state index in [9.17, 15) is 57.8 Å². The second kappa shape index (κ2) is 23.7. The third-order valence-electron chi connectivity index (χ3n) is 6.52. The third-order valence-corrected chi connectivity index (χ3v) is 6.52. The van der Waals surface area contributed by atoms with Crippen LogP contribution >= 0.6 is 0 Å². The molecule has 21 nitrogen and oxygen atoms in total. The fourth-order valence-electron chi connectivity index (χ4n) is 4.05. The van der Waals surface area contributed by atoms with Gasteiger partial charge in [-0.2, -0.15) is 0 Å². The second-order valence-corrected chi connectivity index (χ2v) is 10.6. The van der Waals surface area contributed by atoms with Gasteiger partial charge in [0, 0.05) is 39.0 Å². The van der Waals surface area contributed by atoms with Gasteiger partial charge in [-0.15, -0.1) is 0 Å². The van der Waals surface area contributed by atoms with Crippen LogP contribution in [0.4, 0.5) is 0 Å². The van der Waals surface area contributed by atoms with Gasteiger partial charge in [-0.05, 0) is 32.1 Å². The van der Waals surface area contributed by atoms with Crippen LogP contribution in [0, 0.1) is 0 Å². The van der Waals surface area contributed by atoms with Crippen molar-refractivity contribution < 1.29 is 73.2 Å². The molecule has 0 aromatic heterocycles. The molecule has 0 aromatic carbocycles. The van der Waals surface area contributed by atoms with Gasteiger partial charge in [-0.3, -0.25) is 47.9 Å². The van der Waals surface area contributed by atoms with Crippen molar-refractivity contribution >= 4 is 72.8 Å². The van der Waals surface area contributed by atoms with Crippen LogP contribution in [0.15, 0.2) is 0 Å². The monoisotopic (exact) mass is 714 g/mol. The lowest BCUT2D eigenvalue weighted by molar-refractivity contribution is -0.140. The van der Waals surface area contributed by atoms with E-state index in [2.05, 4.69) is 26.6 Å². The van der Waals surface area contributed by atoms with Gasteiger partial charge in [0.15, 0.2) is 7.85 Å². The highest BCUT2D eigenvalue weighted by atomic mass is 16.4. The Kier molecular flexibility index (Phi) is 22.1. The summed E-state index contributed by atoms with van der Waals surface area (Å²) in [6.45, 7) is 1.03. The summed E-state index contributed by atoms with van der Waals surface area (Å²) < 4.78 is 0. The average Bonchev–Trinajstić information content (AvgIpc) is 2.98. The Morgan fingerprint density at radius 3 is 0.940 bits per heavy atom. The minimum atomic E-state index is -1.78. The van der Waals surface area contributed by atoms with E-state index < -0.39 is 147 Å². The molecule has 2 radical (unpaired) electrons. The molecule has 6 amide bonds. The number of carboxylic acid groups (broad SMARTS) is 4. The molecule has 50 heavy (non-hydrogen) atoms. The lowest BCUT2D eigenvalue weighted by Crippen LogP contribution is -2.59. The van der Waals surface area contributed by atoms with E-state index in [1.54, 1.807) is 0 Å². The van der Waals surface area contributed by atoms with Crippen LogP contribution in [-0.4, -0.2) is 123 Å². The van der Waals surface area contributed by atoms with E-state index in [0.717, 1.165) is 6.92 Å². The van der Waals surface area contributed by atoms with E-state index in [4.69, 9.17) is 28.9 Å². The molecule has 0 rings (SSSR count). The average molecular weight is 714 g/mol. The molecule has 5 atom stereocenters. The first-order valence-corrected chi connectivity index (χ1v) is 14.7. The van der Waals surface area contributed by atoms with Crippen LogP contribution in [-0.2, 0) is 52.7 Å². The maximum absolute atomic E-state index is 13.3. The standard InChI is InChI=1S/C27H39BN6O15.CH4/c1-12(35)30-14(3-8-19(37)38)24(46)32-16(5-10-21(41)42)26(48)34-17(6-11-22(43)44)27(49)33-15(4-9-20(39)40)25(47)31-13(23(28)45)2-7-18(29)36;/h13-17H,2-11H2,1H3,(H2,29,36)(H,30,35)(H,31,47)(H,32,46)(H,33,49)(H,34,48)(H,37,38)(H,39,40)(H,41,42)(H,43,44);1H4. The van der Waals surface area contributed by atoms with Crippen molar-refractivity contribution in [3.63, 3.8) is 0 Å². The van der Waals surface area contributed by atoms with Crippen molar-refractivity contribution in [3.05, 3.63) is 0 Å². The number of carboxylic acids is 4. The first kappa shape index (κ1) is 46.6. The Morgan fingerprint density at radius 2 is 0.720 bits per heavy atom. The number of hydrogen-bond acceptors (Lipinski definition) is 11. The summed E-state index contributed by atoms with van der Waals surface area (Å²) in [4.78, 5) is 132. The SMILES string of the molecule is C.[B]C(=O)C(CCC(N)=O)NC(=O)C(CCC(=O)O)NC(=O)C(CCC(=O)O)NC(=O)C(CCC(=O)O)NC(=O)C(CCC(=O)O)NC(C)=O. The van der Waals surface area contributed by atoms with E-state index in [1.807, 2.05) is 0 Å². The van der Waals surface area contributed by atoms with Crippen molar-refractivity contribution in [3.8, 4) is 0 Å². The summed E-state index contributed by atoms with van der Waals surface area (Å²) in [6.07, 6.45) is -5.67. The summed E-state index contributed by atoms with van der Waals surface area (Å²) in [6, 6.07) is -8.16. The van der Waals surface area contributed by atoms with Crippen LogP contribution < -0.4 is 32.3 Å². The summed E-state index contributed by atoms with van der Waals surface area (Å²) in [5.74, 6) is -11.8. The quantitative estimate of drug-likeness (QED) is 0.0410. The highest BCUT2D eigenvalue weighted by Gasteiger charge is 2.33. The summed E-state index contributed by atoms with van der Waals surface area (Å²) in [5.41, 5.74) is 3.95. The fourth-order valence-corrected chi connectivity index (χ4v) is 4.05. The van der Waals surface area contributed by atoms with E-state index in [0.29, 0.717) is 0 Å². The Bertz CT molecular complexity index is 1290. The minimum Gasteiger partial charge on any atom is -0.481 e. The summed E-state index contributed by atoms with van der Waals surface area (Å²) >= 11 is 0. The van der Waals surface area contributed by atoms with Gasteiger partial charge in [0.05, 0.1) is 11.7 Å². The second-order valence-electron chi connectivity index (χ2n) is 10.6. The molecule has 0 saturated heterocycles. The maximum Gasteiger partial charge on any atom is 0.303 e.